The Morgan fingerprint density at radius 3 is 2.83 bits per heavy atom. The zero-order valence-electron chi connectivity index (χ0n) is 13.4. The number of anilines is 1. The molecule has 23 heavy (non-hydrogen) atoms. The topological polar surface area (TPSA) is 92.3 Å². The summed E-state index contributed by atoms with van der Waals surface area (Å²) >= 11 is 0. The van der Waals surface area contributed by atoms with Gasteiger partial charge in [-0.25, -0.2) is 18.4 Å². The molecule has 0 saturated carbocycles. The predicted molar refractivity (Wildman–Crippen MR) is 89.4 cm³/mol. The van der Waals surface area contributed by atoms with Gasteiger partial charge in [0.1, 0.15) is 5.69 Å². The second kappa shape index (κ2) is 7.08. The van der Waals surface area contributed by atoms with Gasteiger partial charge in [-0.1, -0.05) is 6.08 Å². The van der Waals surface area contributed by atoms with E-state index < -0.39 is 9.84 Å². The van der Waals surface area contributed by atoms with Crippen molar-refractivity contribution in [2.75, 3.05) is 29.5 Å². The Bertz CT molecular complexity index is 703. The summed E-state index contributed by atoms with van der Waals surface area (Å²) in [6.07, 6.45) is 2.15. The van der Waals surface area contributed by atoms with E-state index in [0.717, 1.165) is 0 Å². The quantitative estimate of drug-likeness (QED) is 0.768. The first-order valence-corrected chi connectivity index (χ1v) is 9.40. The minimum Gasteiger partial charge on any atom is -0.347 e. The van der Waals surface area contributed by atoms with Crippen LogP contribution < -0.4 is 10.2 Å². The van der Waals surface area contributed by atoms with E-state index in [1.54, 1.807) is 19.1 Å². The Morgan fingerprint density at radius 2 is 2.26 bits per heavy atom. The van der Waals surface area contributed by atoms with Gasteiger partial charge in [0.25, 0.3) is 5.91 Å². The molecular formula is C15H22N4O3S. The second-order valence-corrected chi connectivity index (χ2v) is 7.76. The summed E-state index contributed by atoms with van der Waals surface area (Å²) in [5.41, 5.74) is 0.937. The molecule has 1 unspecified atom stereocenters. The minimum absolute atomic E-state index is 0.107. The molecule has 1 aromatic rings. The number of carbonyl (C=O) groups excluding carboxylic acids is 1. The van der Waals surface area contributed by atoms with Gasteiger partial charge in [0.15, 0.2) is 9.84 Å². The average molecular weight is 338 g/mol. The van der Waals surface area contributed by atoms with Gasteiger partial charge in [0.2, 0.25) is 5.95 Å². The third kappa shape index (κ3) is 4.28. The zero-order chi connectivity index (χ0) is 17.0. The monoisotopic (exact) mass is 338 g/mol. The number of aryl methyl sites for hydroxylation is 1. The lowest BCUT2D eigenvalue weighted by Gasteiger charge is -2.27. The minimum atomic E-state index is -2.99. The van der Waals surface area contributed by atoms with E-state index in [0.29, 0.717) is 31.2 Å². The van der Waals surface area contributed by atoms with Crippen LogP contribution in [-0.2, 0) is 9.84 Å². The van der Waals surface area contributed by atoms with E-state index in [4.69, 9.17) is 0 Å². The van der Waals surface area contributed by atoms with Gasteiger partial charge in [-0.05, 0) is 26.3 Å². The molecule has 7 nitrogen and oxygen atoms in total. The molecule has 8 heteroatoms. The number of rotatable bonds is 6. The first-order chi connectivity index (χ1) is 10.9. The first kappa shape index (κ1) is 17.4. The number of carbonyl (C=O) groups is 1. The Kier molecular flexibility index (Phi) is 5.35. The van der Waals surface area contributed by atoms with Gasteiger partial charge in [-0.3, -0.25) is 4.79 Å². The van der Waals surface area contributed by atoms with Crippen LogP contribution in [0.5, 0.6) is 0 Å². The SMILES string of the molecule is C=CCNC(=O)c1cc(C)nc(N(CC)C2CCS(=O)(=O)C2)n1. The molecule has 1 amide bonds. The summed E-state index contributed by atoms with van der Waals surface area (Å²) in [5.74, 6) is 0.396. The van der Waals surface area contributed by atoms with Crippen LogP contribution in [0.4, 0.5) is 5.95 Å². The third-order valence-electron chi connectivity index (χ3n) is 3.73. The predicted octanol–water partition coefficient (Wildman–Crippen LogP) is 0.714. The zero-order valence-corrected chi connectivity index (χ0v) is 14.3. The molecule has 1 aliphatic rings. The van der Waals surface area contributed by atoms with E-state index in [-0.39, 0.29) is 29.1 Å². The number of amides is 1. The molecule has 0 spiro atoms. The summed E-state index contributed by atoms with van der Waals surface area (Å²) in [6, 6.07) is 1.47. The van der Waals surface area contributed by atoms with Gasteiger partial charge in [0, 0.05) is 24.8 Å². The van der Waals surface area contributed by atoms with E-state index >= 15 is 0 Å². The van der Waals surface area contributed by atoms with Crippen LogP contribution in [0.15, 0.2) is 18.7 Å². The highest BCUT2D eigenvalue weighted by Crippen LogP contribution is 2.22. The lowest BCUT2D eigenvalue weighted by atomic mass is 10.2. The largest absolute Gasteiger partial charge is 0.347 e. The lowest BCUT2D eigenvalue weighted by Crippen LogP contribution is -2.38. The molecule has 2 rings (SSSR count). The molecule has 1 atom stereocenters. The van der Waals surface area contributed by atoms with Crippen LogP contribution in [0.1, 0.15) is 29.5 Å². The number of hydrogen-bond donors (Lipinski definition) is 1. The van der Waals surface area contributed by atoms with Crippen LogP contribution in [0.2, 0.25) is 0 Å². The summed E-state index contributed by atoms with van der Waals surface area (Å²) in [6.45, 7) is 8.20. The standard InChI is InChI=1S/C15H22N4O3S/c1-4-7-16-14(20)13-9-11(3)17-15(18-13)19(5-2)12-6-8-23(21,22)10-12/h4,9,12H,1,5-8,10H2,2-3H3,(H,16,20). The maximum atomic E-state index is 12.1. The van der Waals surface area contributed by atoms with E-state index in [9.17, 15) is 13.2 Å². The number of nitrogens with one attached hydrogen (secondary N) is 1. The van der Waals surface area contributed by atoms with Crippen LogP contribution >= 0.6 is 0 Å². The van der Waals surface area contributed by atoms with Gasteiger partial charge in [-0.15, -0.1) is 6.58 Å². The van der Waals surface area contributed by atoms with E-state index in [1.165, 1.54) is 0 Å². The van der Waals surface area contributed by atoms with Gasteiger partial charge in [0.05, 0.1) is 11.5 Å². The molecule has 0 aliphatic carbocycles. The van der Waals surface area contributed by atoms with Crippen molar-refractivity contribution in [3.05, 3.63) is 30.1 Å². The molecular weight excluding hydrogens is 316 g/mol. The molecule has 1 fully saturated rings. The average Bonchev–Trinajstić information content (AvgIpc) is 2.85. The Labute approximate surface area is 136 Å². The van der Waals surface area contributed by atoms with Gasteiger partial charge < -0.3 is 10.2 Å². The summed E-state index contributed by atoms with van der Waals surface area (Å²) in [5, 5.41) is 2.68. The van der Waals surface area contributed by atoms with E-state index in [2.05, 4.69) is 21.9 Å². The molecule has 1 aromatic heterocycles. The van der Waals surface area contributed by atoms with E-state index in [1.807, 2.05) is 11.8 Å². The normalized spacial score (nSPS) is 19.3. The summed E-state index contributed by atoms with van der Waals surface area (Å²) in [7, 11) is -2.99. The smallest absolute Gasteiger partial charge is 0.270 e. The highest BCUT2D eigenvalue weighted by molar-refractivity contribution is 7.91. The Hall–Kier alpha value is -1.96. The fraction of sp³-hybridized carbons (Fsp3) is 0.533. The van der Waals surface area contributed by atoms with Crippen molar-refractivity contribution in [3.8, 4) is 0 Å². The molecule has 1 N–H and O–H groups in total. The van der Waals surface area contributed by atoms with Crippen molar-refractivity contribution in [3.63, 3.8) is 0 Å². The number of hydrogen-bond acceptors (Lipinski definition) is 6. The molecule has 0 radical (unpaired) electrons. The van der Waals surface area contributed by atoms with Crippen LogP contribution in [-0.4, -0.2) is 54.9 Å². The van der Waals surface area contributed by atoms with Crippen molar-refractivity contribution in [2.45, 2.75) is 26.3 Å². The van der Waals surface area contributed by atoms with Crippen LogP contribution in [0.3, 0.4) is 0 Å². The fourth-order valence-electron chi connectivity index (χ4n) is 2.64. The van der Waals surface area contributed by atoms with Crippen molar-refractivity contribution < 1.29 is 13.2 Å². The summed E-state index contributed by atoms with van der Waals surface area (Å²) in [4.78, 5) is 22.6. The number of aromatic nitrogens is 2. The first-order valence-electron chi connectivity index (χ1n) is 7.58. The Balaban J connectivity index is 2.28. The van der Waals surface area contributed by atoms with Crippen molar-refractivity contribution in [2.24, 2.45) is 0 Å². The van der Waals surface area contributed by atoms with Crippen molar-refractivity contribution in [1.29, 1.82) is 0 Å². The van der Waals surface area contributed by atoms with Crippen molar-refractivity contribution >= 4 is 21.7 Å². The molecule has 0 aromatic carbocycles. The molecule has 1 aliphatic heterocycles. The molecule has 1 saturated heterocycles. The maximum absolute atomic E-state index is 12.1. The molecule has 126 valence electrons. The number of nitrogens with zero attached hydrogens (tertiary/aromatic N) is 3. The van der Waals surface area contributed by atoms with Crippen LogP contribution in [0, 0.1) is 6.92 Å². The fourth-order valence-corrected chi connectivity index (χ4v) is 4.37. The highest BCUT2D eigenvalue weighted by atomic mass is 32.2. The van der Waals surface area contributed by atoms with Crippen molar-refractivity contribution in [1.82, 2.24) is 15.3 Å². The molecule has 0 bridgehead atoms. The van der Waals surface area contributed by atoms with Crippen LogP contribution in [0.25, 0.3) is 0 Å². The second-order valence-electron chi connectivity index (χ2n) is 5.54. The summed E-state index contributed by atoms with van der Waals surface area (Å²) < 4.78 is 23.4. The molecule has 2 heterocycles. The number of sulfone groups is 1. The third-order valence-corrected chi connectivity index (χ3v) is 5.48. The Morgan fingerprint density at radius 1 is 1.52 bits per heavy atom. The lowest BCUT2D eigenvalue weighted by molar-refractivity contribution is 0.0952. The highest BCUT2D eigenvalue weighted by Gasteiger charge is 2.33. The van der Waals surface area contributed by atoms with Gasteiger partial charge in [-0.2, -0.15) is 0 Å². The van der Waals surface area contributed by atoms with Gasteiger partial charge >= 0.3 is 0 Å². The maximum Gasteiger partial charge on any atom is 0.270 e.